The van der Waals surface area contributed by atoms with Gasteiger partial charge in [-0.15, -0.1) is 0 Å². The number of rotatable bonds is 6. The lowest BCUT2D eigenvalue weighted by Gasteiger charge is -2.16. The Labute approximate surface area is 127 Å². The van der Waals surface area contributed by atoms with Crippen molar-refractivity contribution in [3.8, 4) is 0 Å². The molecule has 0 aliphatic heterocycles. The SMILES string of the molecule is CCc1ccc(C(C)CC(=O)N[C@@H]2C=C[C@H](CO)C2)cc1. The Bertz CT molecular complexity index is 492. The molecule has 0 spiro atoms. The molecule has 1 aliphatic carbocycles. The molecule has 0 saturated heterocycles. The third kappa shape index (κ3) is 4.43. The molecule has 2 rings (SSSR count). The molecule has 0 fully saturated rings. The Morgan fingerprint density at radius 2 is 2.05 bits per heavy atom. The molecule has 1 aromatic rings. The molecule has 1 aliphatic rings. The molecular weight excluding hydrogens is 262 g/mol. The van der Waals surface area contributed by atoms with Crippen LogP contribution >= 0.6 is 0 Å². The van der Waals surface area contributed by atoms with Gasteiger partial charge in [0.25, 0.3) is 0 Å². The second-order valence-corrected chi connectivity index (χ2v) is 5.94. The lowest BCUT2D eigenvalue weighted by Crippen LogP contribution is -2.33. The monoisotopic (exact) mass is 287 g/mol. The van der Waals surface area contributed by atoms with Gasteiger partial charge in [-0.05, 0) is 29.9 Å². The van der Waals surface area contributed by atoms with E-state index < -0.39 is 0 Å². The van der Waals surface area contributed by atoms with Gasteiger partial charge in [0, 0.05) is 25.0 Å². The molecule has 2 N–H and O–H groups in total. The topological polar surface area (TPSA) is 49.3 Å². The Morgan fingerprint density at radius 3 is 2.62 bits per heavy atom. The first-order valence-corrected chi connectivity index (χ1v) is 7.79. The highest BCUT2D eigenvalue weighted by molar-refractivity contribution is 5.77. The molecule has 0 saturated carbocycles. The molecule has 0 heterocycles. The minimum atomic E-state index is 0.0734. The van der Waals surface area contributed by atoms with E-state index in [9.17, 15) is 4.79 Å². The third-order valence-corrected chi connectivity index (χ3v) is 4.20. The normalized spacial score (nSPS) is 22.2. The average Bonchev–Trinajstić information content (AvgIpc) is 2.94. The van der Waals surface area contributed by atoms with Crippen molar-refractivity contribution >= 4 is 5.91 Å². The fourth-order valence-corrected chi connectivity index (χ4v) is 2.76. The largest absolute Gasteiger partial charge is 0.396 e. The number of hydrogen-bond acceptors (Lipinski definition) is 2. The molecule has 0 radical (unpaired) electrons. The molecule has 1 aromatic carbocycles. The highest BCUT2D eigenvalue weighted by atomic mass is 16.3. The van der Waals surface area contributed by atoms with E-state index in [0.717, 1.165) is 12.8 Å². The number of benzene rings is 1. The predicted molar refractivity (Wildman–Crippen MR) is 85.1 cm³/mol. The molecule has 3 heteroatoms. The summed E-state index contributed by atoms with van der Waals surface area (Å²) in [5.41, 5.74) is 2.53. The van der Waals surface area contributed by atoms with Crippen LogP contribution in [0.15, 0.2) is 36.4 Å². The number of nitrogens with one attached hydrogen (secondary N) is 1. The van der Waals surface area contributed by atoms with Crippen LogP contribution in [0.1, 0.15) is 43.7 Å². The second kappa shape index (κ2) is 7.41. The quantitative estimate of drug-likeness (QED) is 0.790. The zero-order chi connectivity index (χ0) is 15.2. The van der Waals surface area contributed by atoms with Gasteiger partial charge in [-0.1, -0.05) is 50.3 Å². The van der Waals surface area contributed by atoms with Gasteiger partial charge in [0.2, 0.25) is 5.91 Å². The molecule has 0 bridgehead atoms. The fourth-order valence-electron chi connectivity index (χ4n) is 2.76. The average molecular weight is 287 g/mol. The molecular formula is C18H25NO2. The van der Waals surface area contributed by atoms with Crippen LogP contribution < -0.4 is 5.32 Å². The molecule has 114 valence electrons. The van der Waals surface area contributed by atoms with Crippen LogP contribution in [-0.4, -0.2) is 23.7 Å². The number of hydrogen-bond donors (Lipinski definition) is 2. The molecule has 21 heavy (non-hydrogen) atoms. The summed E-state index contributed by atoms with van der Waals surface area (Å²) < 4.78 is 0. The zero-order valence-electron chi connectivity index (χ0n) is 12.9. The van der Waals surface area contributed by atoms with E-state index in [-0.39, 0.29) is 30.4 Å². The minimum Gasteiger partial charge on any atom is -0.396 e. The van der Waals surface area contributed by atoms with Crippen LogP contribution in [-0.2, 0) is 11.2 Å². The first-order chi connectivity index (χ1) is 10.1. The number of carbonyl (C=O) groups is 1. The van der Waals surface area contributed by atoms with Crippen molar-refractivity contribution in [1.29, 1.82) is 0 Å². The maximum atomic E-state index is 12.1. The summed E-state index contributed by atoms with van der Waals surface area (Å²) in [6.07, 6.45) is 6.31. The Balaban J connectivity index is 1.83. The van der Waals surface area contributed by atoms with Gasteiger partial charge in [-0.3, -0.25) is 4.79 Å². The lowest BCUT2D eigenvalue weighted by atomic mass is 9.96. The number of amides is 1. The standard InChI is InChI=1S/C18H25NO2/c1-3-14-4-7-16(8-5-14)13(2)10-18(21)19-17-9-6-15(11-17)12-20/h4-9,13,15,17,20H,3,10-12H2,1-2H3,(H,19,21)/t13?,15-,17+/m0/s1. The molecule has 0 aromatic heterocycles. The maximum absolute atomic E-state index is 12.1. The van der Waals surface area contributed by atoms with Crippen LogP contribution in [0.3, 0.4) is 0 Å². The first kappa shape index (κ1) is 15.8. The maximum Gasteiger partial charge on any atom is 0.221 e. The van der Waals surface area contributed by atoms with Crippen LogP contribution in [0, 0.1) is 5.92 Å². The lowest BCUT2D eigenvalue weighted by molar-refractivity contribution is -0.121. The smallest absolute Gasteiger partial charge is 0.221 e. The van der Waals surface area contributed by atoms with E-state index in [1.165, 1.54) is 11.1 Å². The Morgan fingerprint density at radius 1 is 1.33 bits per heavy atom. The van der Waals surface area contributed by atoms with Gasteiger partial charge in [-0.25, -0.2) is 0 Å². The summed E-state index contributed by atoms with van der Waals surface area (Å²) in [5, 5.41) is 12.1. The van der Waals surface area contributed by atoms with Crippen molar-refractivity contribution in [2.24, 2.45) is 5.92 Å². The van der Waals surface area contributed by atoms with E-state index in [0.29, 0.717) is 6.42 Å². The number of aliphatic hydroxyl groups excluding tert-OH is 1. The first-order valence-electron chi connectivity index (χ1n) is 7.79. The van der Waals surface area contributed by atoms with Gasteiger partial charge in [0.05, 0.1) is 0 Å². The molecule has 3 atom stereocenters. The summed E-state index contributed by atoms with van der Waals surface area (Å²) in [4.78, 5) is 12.1. The van der Waals surface area contributed by atoms with E-state index in [1.807, 2.05) is 12.2 Å². The van der Waals surface area contributed by atoms with Gasteiger partial charge in [-0.2, -0.15) is 0 Å². The van der Waals surface area contributed by atoms with Gasteiger partial charge in [0.1, 0.15) is 0 Å². The van der Waals surface area contributed by atoms with E-state index in [4.69, 9.17) is 5.11 Å². The van der Waals surface area contributed by atoms with Crippen molar-refractivity contribution in [3.63, 3.8) is 0 Å². The van der Waals surface area contributed by atoms with Crippen molar-refractivity contribution in [2.45, 2.75) is 45.1 Å². The van der Waals surface area contributed by atoms with Gasteiger partial charge >= 0.3 is 0 Å². The number of aliphatic hydroxyl groups is 1. The predicted octanol–water partition coefficient (Wildman–Crippen LogP) is 2.80. The van der Waals surface area contributed by atoms with Crippen LogP contribution in [0.5, 0.6) is 0 Å². The van der Waals surface area contributed by atoms with Crippen LogP contribution in [0.2, 0.25) is 0 Å². The molecule has 1 unspecified atom stereocenters. The summed E-state index contributed by atoms with van der Waals surface area (Å²) in [6.45, 7) is 4.38. The number of carbonyl (C=O) groups excluding carboxylic acids is 1. The second-order valence-electron chi connectivity index (χ2n) is 5.94. The van der Waals surface area contributed by atoms with Crippen molar-refractivity contribution < 1.29 is 9.90 Å². The molecule has 3 nitrogen and oxygen atoms in total. The fraction of sp³-hybridized carbons (Fsp3) is 0.500. The summed E-state index contributed by atoms with van der Waals surface area (Å²) in [5.74, 6) is 0.486. The number of aryl methyl sites for hydroxylation is 1. The van der Waals surface area contributed by atoms with E-state index in [2.05, 4.69) is 43.4 Å². The van der Waals surface area contributed by atoms with E-state index in [1.54, 1.807) is 0 Å². The minimum absolute atomic E-state index is 0.0734. The summed E-state index contributed by atoms with van der Waals surface area (Å²) >= 11 is 0. The van der Waals surface area contributed by atoms with Crippen LogP contribution in [0.25, 0.3) is 0 Å². The van der Waals surface area contributed by atoms with Crippen molar-refractivity contribution in [3.05, 3.63) is 47.5 Å². The van der Waals surface area contributed by atoms with Crippen LogP contribution in [0.4, 0.5) is 0 Å². The highest BCUT2D eigenvalue weighted by Crippen LogP contribution is 2.21. The van der Waals surface area contributed by atoms with Crippen molar-refractivity contribution in [2.75, 3.05) is 6.61 Å². The summed E-state index contributed by atoms with van der Waals surface area (Å²) in [6, 6.07) is 8.58. The van der Waals surface area contributed by atoms with Gasteiger partial charge < -0.3 is 10.4 Å². The third-order valence-electron chi connectivity index (χ3n) is 4.20. The Kier molecular flexibility index (Phi) is 5.57. The van der Waals surface area contributed by atoms with E-state index >= 15 is 0 Å². The summed E-state index contributed by atoms with van der Waals surface area (Å²) in [7, 11) is 0. The van der Waals surface area contributed by atoms with Crippen molar-refractivity contribution in [1.82, 2.24) is 5.32 Å². The zero-order valence-corrected chi connectivity index (χ0v) is 12.9. The Hall–Kier alpha value is -1.61. The molecule has 1 amide bonds. The van der Waals surface area contributed by atoms with Gasteiger partial charge in [0.15, 0.2) is 0 Å². The highest BCUT2D eigenvalue weighted by Gasteiger charge is 2.20.